The molecule has 0 amide bonds. The van der Waals surface area contributed by atoms with Crippen molar-refractivity contribution in [2.24, 2.45) is 11.8 Å². The Hall–Kier alpha value is 7.49. The minimum Gasteiger partial charge on any atom is -0.370 e. The molecule has 0 bridgehead atoms. The van der Waals surface area contributed by atoms with Crippen molar-refractivity contribution in [2.45, 2.75) is 35.1 Å². The van der Waals surface area contributed by atoms with Crippen molar-refractivity contribution in [3.8, 4) is 0 Å². The van der Waals surface area contributed by atoms with E-state index in [1.807, 2.05) is 20.5 Å². The van der Waals surface area contributed by atoms with Crippen molar-refractivity contribution in [2.75, 3.05) is 13.3 Å². The second kappa shape index (κ2) is 97.5. The molecule has 0 aromatic heterocycles. The van der Waals surface area contributed by atoms with Gasteiger partial charge in [-0.3, -0.25) is 4.57 Å². The summed E-state index contributed by atoms with van der Waals surface area (Å²) >= 11 is 0. The maximum atomic E-state index is 8.90. The molecule has 0 N–H and O–H groups in total. The zero-order chi connectivity index (χ0) is 13.3. The summed E-state index contributed by atoms with van der Waals surface area (Å²) in [5.74, 6) is 1.02. The molecule has 0 saturated heterocycles. The smallest absolute Gasteiger partial charge is 0.151 e. The molecular weight excluding hydrogens is 1060 g/mol. The Morgan fingerprint density at radius 1 is 0.833 bits per heavy atom. The van der Waals surface area contributed by atoms with E-state index < -0.39 is 0 Å². The molecular formula is C13H32OP2V2W2Y4-4. The van der Waals surface area contributed by atoms with Crippen molar-refractivity contribution in [1.82, 2.24) is 0 Å². The molecule has 0 heterocycles. The van der Waals surface area contributed by atoms with Gasteiger partial charge in [-0.25, -0.2) is 0 Å². The molecule has 0 aliphatic heterocycles. The van der Waals surface area contributed by atoms with Gasteiger partial charge >= 0.3 is 0 Å². The van der Waals surface area contributed by atoms with E-state index in [0.29, 0.717) is 11.8 Å². The summed E-state index contributed by atoms with van der Waals surface area (Å²) in [6, 6.07) is 0. The van der Waals surface area contributed by atoms with Gasteiger partial charge in [0.25, 0.3) is 0 Å². The second-order valence-electron chi connectivity index (χ2n) is 2.80. The van der Waals surface area contributed by atoms with Gasteiger partial charge in [0, 0.05) is 217 Å². The summed E-state index contributed by atoms with van der Waals surface area (Å²) in [5, 5.41) is 0. The fourth-order valence-electron chi connectivity index (χ4n) is 0. The first-order valence-corrected chi connectivity index (χ1v) is 7.41. The van der Waals surface area contributed by atoms with E-state index in [1.54, 1.807) is 6.66 Å². The van der Waals surface area contributed by atoms with Crippen molar-refractivity contribution >= 4 is 17.7 Å². The normalized spacial score (nSPS) is 7.38. The summed E-state index contributed by atoms with van der Waals surface area (Å²) < 4.78 is 8.90. The Labute approximate surface area is 312 Å². The minimum absolute atomic E-state index is 0. The Balaban J connectivity index is -0.00000000562. The van der Waals surface area contributed by atoms with Crippen LogP contribution in [0.15, 0.2) is 0 Å². The monoisotopic (exact) mass is 1090 g/mol. The van der Waals surface area contributed by atoms with E-state index in [9.17, 15) is 0 Å². The van der Waals surface area contributed by atoms with Gasteiger partial charge in [-0.2, -0.15) is 13.8 Å². The van der Waals surface area contributed by atoms with Crippen LogP contribution >= 0.6 is 17.7 Å². The van der Waals surface area contributed by atoms with Gasteiger partial charge in [0.05, 0.1) is 0 Å². The standard InChI is InChI=1S/2C5H10.CH3OP.CH5P.CH4.2V.2W.4Y/c2*1-4-5(2)3;1-3-2;1-2;;;;;;;;;/h2*4-5H,2H2,1,3H3;1H3;2H2,1H3;1H4;;;;;;;;/q2*-2;;;;;;;;;;;. The van der Waals surface area contributed by atoms with E-state index >= 15 is 0 Å². The average Bonchev–Trinajstić information content (AvgIpc) is 2.22. The van der Waals surface area contributed by atoms with Gasteiger partial charge in [-0.1, -0.05) is 14.1 Å². The van der Waals surface area contributed by atoms with Crippen LogP contribution in [0.4, 0.5) is 0 Å². The van der Waals surface area contributed by atoms with Crippen molar-refractivity contribution < 1.29 is 215 Å². The molecule has 0 aliphatic rings. The minimum atomic E-state index is 0. The van der Waals surface area contributed by atoms with Crippen LogP contribution in [0.25, 0.3) is 0 Å². The SMILES string of the molecule is C.CP.CP=O.[CH2-]C(C)[CH-]C.[CH2-]C(C)[CH-]C.[V].[V].[W].[W].[Y].[Y].[Y].[Y]. The quantitative estimate of drug-likeness (QED) is 0.269. The largest absolute Gasteiger partial charge is 0.370 e. The molecule has 6 radical (unpaired) electrons. The molecule has 3 atom stereocenters. The van der Waals surface area contributed by atoms with Crippen molar-refractivity contribution in [3.05, 3.63) is 26.7 Å². The van der Waals surface area contributed by atoms with Crippen LogP contribution in [0.5, 0.6) is 0 Å². The molecule has 0 saturated carbocycles. The fraction of sp³-hybridized carbons (Fsp3) is 0.692. The van der Waals surface area contributed by atoms with Gasteiger partial charge < -0.3 is 38.5 Å². The number of rotatable bonds is 2. The Morgan fingerprint density at radius 3 is 0.875 bits per heavy atom. The fourth-order valence-corrected chi connectivity index (χ4v) is 0. The van der Waals surface area contributed by atoms with Crippen LogP contribution in [0.2, 0.25) is 0 Å². The van der Waals surface area contributed by atoms with Crippen LogP contribution in [0.3, 0.4) is 0 Å². The average molecular weight is 1090 g/mol. The maximum Gasteiger partial charge on any atom is 0.151 e. The van der Waals surface area contributed by atoms with E-state index in [-0.39, 0.29) is 226 Å². The molecule has 3 unspecified atom stereocenters. The zero-order valence-electron chi connectivity index (χ0n) is 15.2. The third-order valence-corrected chi connectivity index (χ3v) is 1.14. The molecule has 1 nitrogen and oxygen atoms in total. The molecule has 0 aromatic rings. The predicted molar refractivity (Wildman–Crippen MR) is 84.9 cm³/mol. The topological polar surface area (TPSA) is 17.1 Å². The van der Waals surface area contributed by atoms with Crippen LogP contribution in [0.1, 0.15) is 35.1 Å². The third kappa shape index (κ3) is 181. The summed E-state index contributed by atoms with van der Waals surface area (Å²) in [6.07, 6.45) is 4.11. The second-order valence-corrected chi connectivity index (χ2v) is 3.17. The summed E-state index contributed by atoms with van der Waals surface area (Å²) in [4.78, 5) is 0. The first kappa shape index (κ1) is 85.6. The van der Waals surface area contributed by atoms with Crippen molar-refractivity contribution in [3.63, 3.8) is 0 Å². The summed E-state index contributed by atoms with van der Waals surface area (Å²) in [5.41, 5.74) is 0. The number of hydrogen-bond acceptors (Lipinski definition) is 1. The van der Waals surface area contributed by atoms with Gasteiger partial charge in [0.1, 0.15) is 0 Å². The molecule has 138 valence electrons. The van der Waals surface area contributed by atoms with E-state index in [0.717, 1.165) is 0 Å². The Bertz CT molecular complexity index is 110. The van der Waals surface area contributed by atoms with E-state index in [1.165, 1.54) is 0 Å². The molecule has 11 heteroatoms. The predicted octanol–water partition coefficient (Wildman–Crippen LogP) is 5.38. The molecule has 0 aromatic carbocycles. The summed E-state index contributed by atoms with van der Waals surface area (Å²) in [7, 11) is 2.58. The van der Waals surface area contributed by atoms with Gasteiger partial charge in [-0.05, 0) is 0 Å². The van der Waals surface area contributed by atoms with Gasteiger partial charge in [0.15, 0.2) is 8.46 Å². The molecule has 0 rings (SSSR count). The van der Waals surface area contributed by atoms with E-state index in [2.05, 4.69) is 49.8 Å². The maximum absolute atomic E-state index is 8.90. The zero-order valence-corrected chi connectivity index (χ0v) is 37.2. The third-order valence-electron chi connectivity index (χ3n) is 1.14. The molecule has 0 fully saturated rings. The van der Waals surface area contributed by atoms with Crippen LogP contribution in [-0.4, -0.2) is 13.3 Å². The van der Waals surface area contributed by atoms with Crippen LogP contribution in [-0.2, 0) is 215 Å². The van der Waals surface area contributed by atoms with E-state index in [4.69, 9.17) is 4.57 Å². The molecule has 0 spiro atoms. The number of hydrogen-bond donors (Lipinski definition) is 0. The molecule has 0 aliphatic carbocycles. The van der Waals surface area contributed by atoms with Gasteiger partial charge in [0.2, 0.25) is 0 Å². The van der Waals surface area contributed by atoms with Crippen LogP contribution in [0, 0.1) is 38.5 Å². The first-order valence-electron chi connectivity index (χ1n) is 5.00. The first-order chi connectivity index (χ1) is 6.95. The Kier molecular flexibility index (Phi) is 348. The summed E-state index contributed by atoms with van der Waals surface area (Å²) in [6.45, 7) is 19.0. The van der Waals surface area contributed by atoms with Crippen LogP contribution < -0.4 is 0 Å². The van der Waals surface area contributed by atoms with Crippen molar-refractivity contribution in [1.29, 1.82) is 0 Å². The molecule has 24 heavy (non-hydrogen) atoms. The Morgan fingerprint density at radius 2 is 0.875 bits per heavy atom. The van der Waals surface area contributed by atoms with Gasteiger partial charge in [-0.15, -0.1) is 23.1 Å².